The van der Waals surface area contributed by atoms with Gasteiger partial charge in [-0.15, -0.1) is 0 Å². The molecule has 88 valence electrons. The number of hydrogen-bond donors (Lipinski definition) is 1. The van der Waals surface area contributed by atoms with Crippen LogP contribution in [0.3, 0.4) is 0 Å². The predicted octanol–water partition coefficient (Wildman–Crippen LogP) is 1.36. The fourth-order valence-electron chi connectivity index (χ4n) is 2.11. The Bertz CT molecular complexity index is 355. The molecule has 1 aromatic heterocycles. The number of ether oxygens (including phenoxy) is 1. The second-order valence-electron chi connectivity index (χ2n) is 4.18. The molecule has 0 amide bonds. The lowest BCUT2D eigenvalue weighted by Crippen LogP contribution is -2.24. The van der Waals surface area contributed by atoms with Crippen molar-refractivity contribution < 1.29 is 9.84 Å². The van der Waals surface area contributed by atoms with E-state index in [1.54, 1.807) is 20.2 Å². The summed E-state index contributed by atoms with van der Waals surface area (Å²) in [5.41, 5.74) is 0.888. The van der Waals surface area contributed by atoms with E-state index in [1.165, 1.54) is 0 Å². The molecule has 2 unspecified atom stereocenters. The molecule has 4 nitrogen and oxygen atoms in total. The van der Waals surface area contributed by atoms with E-state index >= 15 is 0 Å². The molecule has 2 heterocycles. The first-order chi connectivity index (χ1) is 7.72. The fraction of sp³-hybridized carbons (Fsp3) is 0.583. The van der Waals surface area contributed by atoms with Gasteiger partial charge in [-0.2, -0.15) is 0 Å². The molecule has 2 atom stereocenters. The smallest absolute Gasteiger partial charge is 0.134 e. The largest absolute Gasteiger partial charge is 0.389 e. The van der Waals surface area contributed by atoms with Crippen LogP contribution in [0, 0.1) is 0 Å². The van der Waals surface area contributed by atoms with E-state index in [9.17, 15) is 5.11 Å². The van der Waals surface area contributed by atoms with Crippen molar-refractivity contribution in [2.75, 3.05) is 25.1 Å². The molecular formula is C12H18N2O2. The van der Waals surface area contributed by atoms with Crippen molar-refractivity contribution in [3.63, 3.8) is 0 Å². The third kappa shape index (κ3) is 2.18. The lowest BCUT2D eigenvalue weighted by molar-refractivity contribution is 0.121. The summed E-state index contributed by atoms with van der Waals surface area (Å²) in [6.07, 6.45) is 2.59. The normalized spacial score (nSPS) is 22.4. The molecule has 1 aliphatic rings. The molecule has 0 spiro atoms. The van der Waals surface area contributed by atoms with Gasteiger partial charge in [-0.1, -0.05) is 6.07 Å². The van der Waals surface area contributed by atoms with Crippen molar-refractivity contribution in [2.45, 2.75) is 25.6 Å². The summed E-state index contributed by atoms with van der Waals surface area (Å²) in [7, 11) is 1.74. The minimum atomic E-state index is -0.481. The van der Waals surface area contributed by atoms with E-state index in [0.717, 1.165) is 30.9 Å². The highest BCUT2D eigenvalue weighted by Crippen LogP contribution is 2.27. The minimum absolute atomic E-state index is 0.281. The Morgan fingerprint density at radius 3 is 3.06 bits per heavy atom. The van der Waals surface area contributed by atoms with Gasteiger partial charge in [-0.25, -0.2) is 4.98 Å². The van der Waals surface area contributed by atoms with Crippen LogP contribution in [-0.4, -0.2) is 36.4 Å². The third-order valence-corrected chi connectivity index (χ3v) is 3.04. The monoisotopic (exact) mass is 222 g/mol. The Morgan fingerprint density at radius 1 is 1.62 bits per heavy atom. The number of nitrogens with zero attached hydrogens (tertiary/aromatic N) is 2. The van der Waals surface area contributed by atoms with Crippen LogP contribution in [0.1, 0.15) is 25.0 Å². The quantitative estimate of drug-likeness (QED) is 0.838. The van der Waals surface area contributed by atoms with Crippen LogP contribution in [0.25, 0.3) is 0 Å². The molecule has 1 aromatic rings. The van der Waals surface area contributed by atoms with E-state index in [2.05, 4.69) is 9.88 Å². The molecule has 0 radical (unpaired) electrons. The molecule has 0 saturated carbocycles. The molecule has 2 rings (SSSR count). The van der Waals surface area contributed by atoms with E-state index < -0.39 is 6.10 Å². The molecule has 4 heteroatoms. The van der Waals surface area contributed by atoms with E-state index in [4.69, 9.17) is 4.74 Å². The number of methoxy groups -OCH3 is 1. The maximum absolute atomic E-state index is 9.69. The van der Waals surface area contributed by atoms with Crippen molar-refractivity contribution in [1.29, 1.82) is 0 Å². The van der Waals surface area contributed by atoms with Crippen molar-refractivity contribution in [1.82, 2.24) is 4.98 Å². The Hall–Kier alpha value is -1.13. The molecular weight excluding hydrogens is 204 g/mol. The lowest BCUT2D eigenvalue weighted by Gasteiger charge is -2.21. The predicted molar refractivity (Wildman–Crippen MR) is 62.5 cm³/mol. The van der Waals surface area contributed by atoms with Crippen LogP contribution in [0.15, 0.2) is 18.3 Å². The molecule has 16 heavy (non-hydrogen) atoms. The molecule has 0 bridgehead atoms. The van der Waals surface area contributed by atoms with Gasteiger partial charge < -0.3 is 14.7 Å². The van der Waals surface area contributed by atoms with Gasteiger partial charge in [0.1, 0.15) is 5.82 Å². The maximum atomic E-state index is 9.69. The second kappa shape index (κ2) is 4.80. The molecule has 1 saturated heterocycles. The van der Waals surface area contributed by atoms with Crippen LogP contribution in [0.4, 0.5) is 5.82 Å². The zero-order valence-corrected chi connectivity index (χ0v) is 9.76. The fourth-order valence-corrected chi connectivity index (χ4v) is 2.11. The Kier molecular flexibility index (Phi) is 3.41. The van der Waals surface area contributed by atoms with Gasteiger partial charge in [0.15, 0.2) is 0 Å². The van der Waals surface area contributed by atoms with Crippen molar-refractivity contribution >= 4 is 5.82 Å². The first kappa shape index (κ1) is 11.4. The lowest BCUT2D eigenvalue weighted by atomic mass is 10.1. The maximum Gasteiger partial charge on any atom is 0.134 e. The Balaban J connectivity index is 2.20. The third-order valence-electron chi connectivity index (χ3n) is 3.04. The first-order valence-electron chi connectivity index (χ1n) is 5.63. The summed E-state index contributed by atoms with van der Waals surface area (Å²) >= 11 is 0. The highest BCUT2D eigenvalue weighted by Gasteiger charge is 2.25. The van der Waals surface area contributed by atoms with Gasteiger partial charge in [0, 0.05) is 32.0 Å². The summed E-state index contributed by atoms with van der Waals surface area (Å²) in [4.78, 5) is 6.54. The molecule has 0 aromatic carbocycles. The first-order valence-corrected chi connectivity index (χ1v) is 5.63. The zero-order valence-electron chi connectivity index (χ0n) is 9.76. The summed E-state index contributed by atoms with van der Waals surface area (Å²) in [6.45, 7) is 3.56. The van der Waals surface area contributed by atoms with Gasteiger partial charge in [0.05, 0.1) is 12.2 Å². The number of aliphatic hydroxyl groups is 1. The van der Waals surface area contributed by atoms with Crippen LogP contribution in [0.5, 0.6) is 0 Å². The Labute approximate surface area is 95.9 Å². The second-order valence-corrected chi connectivity index (χ2v) is 4.18. The van der Waals surface area contributed by atoms with Crippen LogP contribution in [-0.2, 0) is 4.74 Å². The van der Waals surface area contributed by atoms with Gasteiger partial charge in [0.2, 0.25) is 0 Å². The number of rotatable bonds is 3. The number of aromatic nitrogens is 1. The molecule has 1 aliphatic heterocycles. The van der Waals surface area contributed by atoms with E-state index in [-0.39, 0.29) is 6.10 Å². The average Bonchev–Trinajstić information content (AvgIpc) is 2.77. The summed E-state index contributed by atoms with van der Waals surface area (Å²) in [5.74, 6) is 0.886. The highest BCUT2D eigenvalue weighted by atomic mass is 16.5. The van der Waals surface area contributed by atoms with Gasteiger partial charge >= 0.3 is 0 Å². The van der Waals surface area contributed by atoms with E-state index in [1.807, 2.05) is 12.1 Å². The van der Waals surface area contributed by atoms with Gasteiger partial charge in [-0.05, 0) is 19.4 Å². The van der Waals surface area contributed by atoms with Crippen LogP contribution >= 0.6 is 0 Å². The summed E-state index contributed by atoms with van der Waals surface area (Å²) < 4.78 is 5.33. The van der Waals surface area contributed by atoms with E-state index in [0.29, 0.717) is 0 Å². The van der Waals surface area contributed by atoms with Crippen LogP contribution < -0.4 is 4.90 Å². The number of pyridine rings is 1. The minimum Gasteiger partial charge on any atom is -0.389 e. The topological polar surface area (TPSA) is 45.6 Å². The van der Waals surface area contributed by atoms with Gasteiger partial charge in [0.25, 0.3) is 0 Å². The van der Waals surface area contributed by atoms with Crippen molar-refractivity contribution in [3.05, 3.63) is 23.9 Å². The Morgan fingerprint density at radius 2 is 2.44 bits per heavy atom. The average molecular weight is 222 g/mol. The summed E-state index contributed by atoms with van der Waals surface area (Å²) in [5, 5.41) is 9.69. The summed E-state index contributed by atoms with van der Waals surface area (Å²) in [6, 6.07) is 3.78. The van der Waals surface area contributed by atoms with Crippen LogP contribution in [0.2, 0.25) is 0 Å². The van der Waals surface area contributed by atoms with Crippen molar-refractivity contribution in [3.8, 4) is 0 Å². The molecule has 1 fully saturated rings. The molecule has 1 N–H and O–H groups in total. The van der Waals surface area contributed by atoms with Gasteiger partial charge in [-0.3, -0.25) is 0 Å². The number of hydrogen-bond acceptors (Lipinski definition) is 4. The molecule has 0 aliphatic carbocycles. The SMILES string of the molecule is COC1CCN(c2ncccc2C(C)O)C1. The highest BCUT2D eigenvalue weighted by molar-refractivity contribution is 5.48. The standard InChI is InChI=1S/C12H18N2O2/c1-9(15)11-4-3-6-13-12(11)14-7-5-10(8-14)16-2/h3-4,6,9-10,15H,5,7-8H2,1-2H3. The van der Waals surface area contributed by atoms with Crippen molar-refractivity contribution in [2.24, 2.45) is 0 Å². The zero-order chi connectivity index (χ0) is 11.5. The number of anilines is 1. The number of aliphatic hydroxyl groups excluding tert-OH is 1.